The van der Waals surface area contributed by atoms with Crippen LogP contribution < -0.4 is 4.72 Å². The maximum absolute atomic E-state index is 12.7. The predicted octanol–water partition coefficient (Wildman–Crippen LogP) is 4.94. The van der Waals surface area contributed by atoms with Crippen molar-refractivity contribution in [3.05, 3.63) is 47.5 Å². The Bertz CT molecular complexity index is 1080. The Balaban J connectivity index is 1.51. The van der Waals surface area contributed by atoms with Gasteiger partial charge < -0.3 is 9.15 Å². The van der Waals surface area contributed by atoms with Gasteiger partial charge in [-0.2, -0.15) is 0 Å². The highest BCUT2D eigenvalue weighted by Gasteiger charge is 2.19. The Kier molecular flexibility index (Phi) is 5.82. The van der Waals surface area contributed by atoms with Crippen molar-refractivity contribution < 1.29 is 17.6 Å². The molecule has 3 aromatic rings. The van der Waals surface area contributed by atoms with Gasteiger partial charge in [0.25, 0.3) is 15.2 Å². The minimum Gasteiger partial charge on any atom is -0.431 e. The van der Waals surface area contributed by atoms with Gasteiger partial charge in [0, 0.05) is 18.4 Å². The minimum atomic E-state index is -3.80. The van der Waals surface area contributed by atoms with Gasteiger partial charge in [-0.15, -0.1) is 0 Å². The summed E-state index contributed by atoms with van der Waals surface area (Å²) in [6.45, 7) is 0.804. The van der Waals surface area contributed by atoms with Crippen LogP contribution in [0.1, 0.15) is 19.3 Å². The summed E-state index contributed by atoms with van der Waals surface area (Å²) in [7, 11) is -3.80. The van der Waals surface area contributed by atoms with Gasteiger partial charge in [-0.1, -0.05) is 35.5 Å². The average molecular weight is 439 g/mol. The van der Waals surface area contributed by atoms with Crippen LogP contribution in [0.3, 0.4) is 0 Å². The van der Waals surface area contributed by atoms with E-state index in [1.165, 1.54) is 30.3 Å². The normalized spacial score (nSPS) is 17.7. The highest BCUT2D eigenvalue weighted by Crippen LogP contribution is 2.29. The smallest absolute Gasteiger partial charge is 0.262 e. The van der Waals surface area contributed by atoms with Gasteiger partial charge in [0.05, 0.1) is 21.7 Å². The number of oxazole rings is 1. The SMILES string of the molecule is O=S(=O)(Nc1ccccc1Cl)c1ccc2nc(SC[C@@H]3CCCCO3)oc2c1. The summed E-state index contributed by atoms with van der Waals surface area (Å²) in [5.74, 6) is 0.770. The number of aromatic nitrogens is 1. The molecule has 6 nitrogen and oxygen atoms in total. The molecule has 2 heterocycles. The first kappa shape index (κ1) is 19.6. The van der Waals surface area contributed by atoms with Crippen LogP contribution in [0.25, 0.3) is 11.1 Å². The van der Waals surface area contributed by atoms with Gasteiger partial charge in [0.1, 0.15) is 5.52 Å². The zero-order chi connectivity index (χ0) is 19.6. The summed E-state index contributed by atoms with van der Waals surface area (Å²) in [6, 6.07) is 11.3. The number of halogens is 1. The Morgan fingerprint density at radius 2 is 2.07 bits per heavy atom. The van der Waals surface area contributed by atoms with Crippen LogP contribution in [0.5, 0.6) is 0 Å². The fourth-order valence-electron chi connectivity index (χ4n) is 2.96. The quantitative estimate of drug-likeness (QED) is 0.549. The van der Waals surface area contributed by atoms with Crippen molar-refractivity contribution in [1.82, 2.24) is 4.98 Å². The summed E-state index contributed by atoms with van der Waals surface area (Å²) in [5, 5.41) is 0.841. The lowest BCUT2D eigenvalue weighted by molar-refractivity contribution is 0.0314. The van der Waals surface area contributed by atoms with Crippen molar-refractivity contribution in [2.24, 2.45) is 0 Å². The molecular formula is C19H19ClN2O4S2. The van der Waals surface area contributed by atoms with Crippen LogP contribution in [-0.4, -0.2) is 31.9 Å². The van der Waals surface area contributed by atoms with Crippen LogP contribution in [0.4, 0.5) is 5.69 Å². The number of hydrogen-bond acceptors (Lipinski definition) is 6. The zero-order valence-corrected chi connectivity index (χ0v) is 17.3. The molecule has 2 aromatic carbocycles. The summed E-state index contributed by atoms with van der Waals surface area (Å²) in [5.41, 5.74) is 1.36. The molecule has 9 heteroatoms. The first-order chi connectivity index (χ1) is 13.5. The van der Waals surface area contributed by atoms with Crippen LogP contribution in [0.15, 0.2) is 57.0 Å². The van der Waals surface area contributed by atoms with E-state index in [4.69, 9.17) is 20.8 Å². The van der Waals surface area contributed by atoms with E-state index in [-0.39, 0.29) is 11.0 Å². The third-order valence-electron chi connectivity index (χ3n) is 4.44. The lowest BCUT2D eigenvalue weighted by Gasteiger charge is -2.21. The topological polar surface area (TPSA) is 81.4 Å². The number of rotatable bonds is 6. The number of anilines is 1. The maximum Gasteiger partial charge on any atom is 0.262 e. The standard InChI is InChI=1S/C19H19ClN2O4S2/c20-15-6-1-2-7-16(15)22-28(23,24)14-8-9-17-18(11-14)26-19(21-17)27-12-13-5-3-4-10-25-13/h1-2,6-9,11,13,22H,3-5,10,12H2/t13-/m0/s1. The third-order valence-corrected chi connectivity index (χ3v) is 7.09. The largest absolute Gasteiger partial charge is 0.431 e. The second kappa shape index (κ2) is 8.32. The molecule has 1 aliphatic heterocycles. The predicted molar refractivity (Wildman–Crippen MR) is 111 cm³/mol. The first-order valence-electron chi connectivity index (χ1n) is 8.94. The number of sulfonamides is 1. The van der Waals surface area contributed by atoms with E-state index in [0.29, 0.717) is 27.0 Å². The molecule has 0 bridgehead atoms. The van der Waals surface area contributed by atoms with E-state index in [2.05, 4.69) is 9.71 Å². The maximum atomic E-state index is 12.7. The van der Waals surface area contributed by atoms with E-state index in [1.807, 2.05) is 0 Å². The average Bonchev–Trinajstić information content (AvgIpc) is 3.11. The lowest BCUT2D eigenvalue weighted by atomic mass is 10.1. The summed E-state index contributed by atoms with van der Waals surface area (Å²) in [6.07, 6.45) is 3.55. The summed E-state index contributed by atoms with van der Waals surface area (Å²) in [4.78, 5) is 4.51. The van der Waals surface area contributed by atoms with Crippen molar-refractivity contribution in [2.45, 2.75) is 35.5 Å². The highest BCUT2D eigenvalue weighted by molar-refractivity contribution is 7.99. The molecule has 1 N–H and O–H groups in total. The first-order valence-corrected chi connectivity index (χ1v) is 11.8. The van der Waals surface area contributed by atoms with E-state index in [1.54, 1.807) is 30.3 Å². The Morgan fingerprint density at radius 3 is 2.86 bits per heavy atom. The van der Waals surface area contributed by atoms with Gasteiger partial charge in [0.15, 0.2) is 5.58 Å². The Hall–Kier alpha value is -1.74. The summed E-state index contributed by atoms with van der Waals surface area (Å²) >= 11 is 7.53. The number of nitrogens with one attached hydrogen (secondary N) is 1. The lowest BCUT2D eigenvalue weighted by Crippen LogP contribution is -2.21. The molecule has 1 aromatic heterocycles. The molecule has 0 amide bonds. The molecule has 0 saturated carbocycles. The molecule has 28 heavy (non-hydrogen) atoms. The van der Waals surface area contributed by atoms with Crippen molar-refractivity contribution in [3.63, 3.8) is 0 Å². The van der Waals surface area contributed by atoms with Crippen molar-refractivity contribution in [2.75, 3.05) is 17.1 Å². The molecular weight excluding hydrogens is 420 g/mol. The van der Waals surface area contributed by atoms with Crippen LogP contribution in [-0.2, 0) is 14.8 Å². The van der Waals surface area contributed by atoms with Crippen LogP contribution >= 0.6 is 23.4 Å². The zero-order valence-electron chi connectivity index (χ0n) is 14.9. The van der Waals surface area contributed by atoms with E-state index in [0.717, 1.165) is 25.2 Å². The summed E-state index contributed by atoms with van der Waals surface area (Å²) < 4.78 is 39.3. The number of thioether (sulfide) groups is 1. The highest BCUT2D eigenvalue weighted by atomic mass is 35.5. The number of fused-ring (bicyclic) bond motifs is 1. The molecule has 0 unspecified atom stereocenters. The molecule has 1 aliphatic rings. The Morgan fingerprint density at radius 1 is 1.21 bits per heavy atom. The number of hydrogen-bond donors (Lipinski definition) is 1. The molecule has 1 saturated heterocycles. The molecule has 0 spiro atoms. The molecule has 0 aliphatic carbocycles. The van der Waals surface area contributed by atoms with E-state index < -0.39 is 10.0 Å². The van der Waals surface area contributed by atoms with Gasteiger partial charge in [0.2, 0.25) is 0 Å². The van der Waals surface area contributed by atoms with Crippen LogP contribution in [0.2, 0.25) is 5.02 Å². The Labute approximate surface area is 172 Å². The molecule has 0 radical (unpaired) electrons. The van der Waals surface area contributed by atoms with Crippen molar-refractivity contribution in [1.29, 1.82) is 0 Å². The molecule has 148 valence electrons. The second-order valence-electron chi connectivity index (χ2n) is 6.49. The number of ether oxygens (including phenoxy) is 1. The fourth-order valence-corrected chi connectivity index (χ4v) is 5.20. The molecule has 4 rings (SSSR count). The van der Waals surface area contributed by atoms with Gasteiger partial charge in [-0.3, -0.25) is 4.72 Å². The fraction of sp³-hybridized carbons (Fsp3) is 0.316. The third kappa shape index (κ3) is 4.46. The van der Waals surface area contributed by atoms with Gasteiger partial charge >= 0.3 is 0 Å². The minimum absolute atomic E-state index is 0.0863. The van der Waals surface area contributed by atoms with Gasteiger partial charge in [-0.05, 0) is 43.5 Å². The number of nitrogens with zero attached hydrogens (tertiary/aromatic N) is 1. The molecule has 1 fully saturated rings. The van der Waals surface area contributed by atoms with Crippen molar-refractivity contribution in [3.8, 4) is 0 Å². The van der Waals surface area contributed by atoms with Crippen molar-refractivity contribution >= 4 is 50.2 Å². The van der Waals surface area contributed by atoms with E-state index in [9.17, 15) is 8.42 Å². The number of benzene rings is 2. The van der Waals surface area contributed by atoms with E-state index >= 15 is 0 Å². The molecule has 1 atom stereocenters. The van der Waals surface area contributed by atoms with Crippen LogP contribution in [0, 0.1) is 0 Å². The second-order valence-corrected chi connectivity index (χ2v) is 9.56. The number of para-hydroxylation sites is 1. The van der Waals surface area contributed by atoms with Gasteiger partial charge in [-0.25, -0.2) is 13.4 Å². The monoisotopic (exact) mass is 438 g/mol.